The molecule has 0 aliphatic heterocycles. The van der Waals surface area contributed by atoms with E-state index < -0.39 is 0 Å². The molecule has 1 aromatic rings. The van der Waals surface area contributed by atoms with Gasteiger partial charge in [-0.05, 0) is 67.9 Å². The summed E-state index contributed by atoms with van der Waals surface area (Å²) in [5.74, 6) is 2.35. The van der Waals surface area contributed by atoms with Gasteiger partial charge in [0.1, 0.15) is 11.6 Å². The predicted molar refractivity (Wildman–Crippen MR) is 130 cm³/mol. The minimum Gasteiger partial charge on any atom is -0.426 e. The average Bonchev–Trinajstić information content (AvgIpc) is 2.80. The summed E-state index contributed by atoms with van der Waals surface area (Å²) in [4.78, 5) is 12.5. The van der Waals surface area contributed by atoms with Crippen LogP contribution in [0.15, 0.2) is 18.2 Å². The Bertz CT molecular complexity index is 684. The second-order valence-corrected chi connectivity index (χ2v) is 10.6. The average molecular weight is 445 g/mol. The molecule has 0 saturated heterocycles. The maximum Gasteiger partial charge on any atom is 0.314 e. The van der Waals surface area contributed by atoms with Crippen LogP contribution in [-0.4, -0.2) is 5.97 Å². The molecule has 0 unspecified atom stereocenters. The lowest BCUT2D eigenvalue weighted by Crippen LogP contribution is -2.25. The van der Waals surface area contributed by atoms with Gasteiger partial charge >= 0.3 is 5.97 Å². The quantitative estimate of drug-likeness (QED) is 0.194. The summed E-state index contributed by atoms with van der Waals surface area (Å²) in [6.45, 7) is 4.49. The zero-order valence-electron chi connectivity index (χ0n) is 20.5. The topological polar surface area (TPSA) is 26.3 Å². The molecule has 0 spiro atoms. The Kier molecular flexibility index (Phi) is 10.5. The molecular formula is C29H45FO2. The minimum atomic E-state index is -0.227. The SMILES string of the molecule is CCCCCC1CCC(CCc2ccc(OC(=O)C3CCC(CCC)CC3)cc2F)CC1. The van der Waals surface area contributed by atoms with E-state index in [0.717, 1.165) is 61.8 Å². The van der Waals surface area contributed by atoms with Crippen molar-refractivity contribution in [1.29, 1.82) is 0 Å². The first-order valence-electron chi connectivity index (χ1n) is 13.6. The minimum absolute atomic E-state index is 0.0251. The van der Waals surface area contributed by atoms with Crippen molar-refractivity contribution in [2.24, 2.45) is 23.7 Å². The summed E-state index contributed by atoms with van der Waals surface area (Å²) in [5.41, 5.74) is 0.759. The summed E-state index contributed by atoms with van der Waals surface area (Å²) in [6, 6.07) is 5.02. The second-order valence-electron chi connectivity index (χ2n) is 10.6. The number of rotatable bonds is 11. The molecule has 3 rings (SSSR count). The maximum absolute atomic E-state index is 14.7. The summed E-state index contributed by atoms with van der Waals surface area (Å²) in [7, 11) is 0. The van der Waals surface area contributed by atoms with Gasteiger partial charge in [0.15, 0.2) is 0 Å². The van der Waals surface area contributed by atoms with Crippen molar-refractivity contribution in [3.63, 3.8) is 0 Å². The van der Waals surface area contributed by atoms with E-state index in [9.17, 15) is 9.18 Å². The van der Waals surface area contributed by atoms with Gasteiger partial charge in [-0.25, -0.2) is 4.39 Å². The van der Waals surface area contributed by atoms with Gasteiger partial charge in [0.25, 0.3) is 0 Å². The molecule has 0 radical (unpaired) electrons. The lowest BCUT2D eigenvalue weighted by atomic mass is 9.78. The van der Waals surface area contributed by atoms with Crippen LogP contribution in [0.4, 0.5) is 4.39 Å². The van der Waals surface area contributed by atoms with Crippen LogP contribution in [0, 0.1) is 29.5 Å². The summed E-state index contributed by atoms with van der Waals surface area (Å²) in [5, 5.41) is 0. The molecule has 2 nitrogen and oxygen atoms in total. The third kappa shape index (κ3) is 7.89. The summed E-state index contributed by atoms with van der Waals surface area (Å²) >= 11 is 0. The number of hydrogen-bond donors (Lipinski definition) is 0. The predicted octanol–water partition coefficient (Wildman–Crippen LogP) is 8.66. The fraction of sp³-hybridized carbons (Fsp3) is 0.759. The largest absolute Gasteiger partial charge is 0.426 e. The molecule has 1 aromatic carbocycles. The molecule has 2 aliphatic carbocycles. The number of benzene rings is 1. The highest BCUT2D eigenvalue weighted by Crippen LogP contribution is 2.35. The number of ether oxygens (including phenoxy) is 1. The fourth-order valence-electron chi connectivity index (χ4n) is 5.94. The van der Waals surface area contributed by atoms with Crippen LogP contribution in [0.1, 0.15) is 116 Å². The van der Waals surface area contributed by atoms with Crippen molar-refractivity contribution in [3.8, 4) is 5.75 Å². The highest BCUT2D eigenvalue weighted by atomic mass is 19.1. The first-order valence-corrected chi connectivity index (χ1v) is 13.6. The van der Waals surface area contributed by atoms with Crippen molar-refractivity contribution < 1.29 is 13.9 Å². The molecule has 2 fully saturated rings. The Hall–Kier alpha value is -1.38. The van der Waals surface area contributed by atoms with Crippen LogP contribution in [0.25, 0.3) is 0 Å². The van der Waals surface area contributed by atoms with Crippen molar-refractivity contribution in [1.82, 2.24) is 0 Å². The third-order valence-corrected chi connectivity index (χ3v) is 8.12. The highest BCUT2D eigenvalue weighted by Gasteiger charge is 2.27. The van der Waals surface area contributed by atoms with E-state index in [1.165, 1.54) is 70.3 Å². The molecule has 2 aliphatic rings. The zero-order valence-corrected chi connectivity index (χ0v) is 20.5. The van der Waals surface area contributed by atoms with Gasteiger partial charge in [-0.3, -0.25) is 4.79 Å². The van der Waals surface area contributed by atoms with E-state index in [-0.39, 0.29) is 17.7 Å². The molecule has 0 atom stereocenters. The number of aryl methyl sites for hydroxylation is 1. The normalized spacial score (nSPS) is 26.1. The molecule has 0 amide bonds. The van der Waals surface area contributed by atoms with Crippen molar-refractivity contribution in [2.75, 3.05) is 0 Å². The number of halogens is 1. The number of carbonyl (C=O) groups excluding carboxylic acids is 1. The van der Waals surface area contributed by atoms with Crippen LogP contribution in [0.2, 0.25) is 0 Å². The van der Waals surface area contributed by atoms with Gasteiger partial charge in [-0.15, -0.1) is 0 Å². The standard InChI is InChI=1S/C29H45FO2/c1-3-5-6-8-23-9-11-24(12-10-23)13-16-25-19-20-27(21-28(25)30)32-29(31)26-17-14-22(7-4-2)15-18-26/h19-24,26H,3-18H2,1-2H3. The molecule has 32 heavy (non-hydrogen) atoms. The van der Waals surface area contributed by atoms with Gasteiger partial charge in [-0.2, -0.15) is 0 Å². The van der Waals surface area contributed by atoms with Crippen LogP contribution in [-0.2, 0) is 11.2 Å². The van der Waals surface area contributed by atoms with Gasteiger partial charge in [0, 0.05) is 6.07 Å². The summed E-state index contributed by atoms with van der Waals surface area (Å²) in [6.07, 6.45) is 19.1. The fourth-order valence-corrected chi connectivity index (χ4v) is 5.94. The molecule has 0 bridgehead atoms. The molecule has 180 valence electrons. The first kappa shape index (κ1) is 25.2. The highest BCUT2D eigenvalue weighted by molar-refractivity contribution is 5.75. The van der Waals surface area contributed by atoms with E-state index in [1.54, 1.807) is 6.07 Å². The Morgan fingerprint density at radius 2 is 1.47 bits per heavy atom. The lowest BCUT2D eigenvalue weighted by Gasteiger charge is -2.28. The van der Waals surface area contributed by atoms with E-state index in [2.05, 4.69) is 13.8 Å². The Balaban J connectivity index is 1.39. The molecular weight excluding hydrogens is 399 g/mol. The molecule has 0 heterocycles. The number of carbonyl (C=O) groups is 1. The first-order chi connectivity index (χ1) is 15.6. The molecule has 0 N–H and O–H groups in total. The molecule has 3 heteroatoms. The monoisotopic (exact) mass is 444 g/mol. The van der Waals surface area contributed by atoms with E-state index in [0.29, 0.717) is 5.75 Å². The van der Waals surface area contributed by atoms with E-state index in [4.69, 9.17) is 4.74 Å². The van der Waals surface area contributed by atoms with Crippen molar-refractivity contribution in [3.05, 3.63) is 29.6 Å². The lowest BCUT2D eigenvalue weighted by molar-refractivity contribution is -0.140. The second kappa shape index (κ2) is 13.4. The van der Waals surface area contributed by atoms with Crippen molar-refractivity contribution in [2.45, 2.75) is 117 Å². The number of hydrogen-bond acceptors (Lipinski definition) is 2. The summed E-state index contributed by atoms with van der Waals surface area (Å²) < 4.78 is 20.2. The number of esters is 1. The van der Waals surface area contributed by atoms with Crippen LogP contribution >= 0.6 is 0 Å². The van der Waals surface area contributed by atoms with Crippen LogP contribution in [0.5, 0.6) is 5.75 Å². The van der Waals surface area contributed by atoms with Crippen LogP contribution in [0.3, 0.4) is 0 Å². The Morgan fingerprint density at radius 1 is 0.844 bits per heavy atom. The van der Waals surface area contributed by atoms with Gasteiger partial charge in [-0.1, -0.05) is 84.1 Å². The van der Waals surface area contributed by atoms with Crippen molar-refractivity contribution >= 4 is 5.97 Å². The van der Waals surface area contributed by atoms with E-state index in [1.807, 2.05) is 6.07 Å². The Morgan fingerprint density at radius 3 is 2.09 bits per heavy atom. The number of unbranched alkanes of at least 4 members (excludes halogenated alkanes) is 2. The van der Waals surface area contributed by atoms with E-state index >= 15 is 0 Å². The van der Waals surface area contributed by atoms with Gasteiger partial charge in [0.05, 0.1) is 5.92 Å². The smallest absolute Gasteiger partial charge is 0.314 e. The van der Waals surface area contributed by atoms with Gasteiger partial charge in [0.2, 0.25) is 0 Å². The Labute approximate surface area is 195 Å². The van der Waals surface area contributed by atoms with Gasteiger partial charge < -0.3 is 4.74 Å². The van der Waals surface area contributed by atoms with Crippen LogP contribution < -0.4 is 4.74 Å². The maximum atomic E-state index is 14.7. The molecule has 2 saturated carbocycles. The zero-order chi connectivity index (χ0) is 22.8. The molecule has 0 aromatic heterocycles. The third-order valence-electron chi connectivity index (χ3n) is 8.12.